The Hall–Kier alpha value is -2.30. The molecule has 0 unspecified atom stereocenters. The maximum Gasteiger partial charge on any atom is 0.321 e. The summed E-state index contributed by atoms with van der Waals surface area (Å²) >= 11 is 0. The fourth-order valence-corrected chi connectivity index (χ4v) is 2.85. The van der Waals surface area contributed by atoms with Crippen LogP contribution in [-0.2, 0) is 6.54 Å². The first-order valence-corrected chi connectivity index (χ1v) is 7.83. The molecule has 0 aliphatic carbocycles. The summed E-state index contributed by atoms with van der Waals surface area (Å²) in [6, 6.07) is 9.86. The quantitative estimate of drug-likeness (QED) is 0.946. The van der Waals surface area contributed by atoms with Gasteiger partial charge in [0, 0.05) is 31.2 Å². The van der Waals surface area contributed by atoms with Gasteiger partial charge in [0.2, 0.25) is 0 Å². The maximum atomic E-state index is 12.3. The van der Waals surface area contributed by atoms with Gasteiger partial charge in [-0.05, 0) is 42.5 Å². The molecule has 1 saturated heterocycles. The molecule has 1 aliphatic rings. The van der Waals surface area contributed by atoms with Crippen LogP contribution in [0.25, 0.3) is 0 Å². The van der Waals surface area contributed by atoms with E-state index in [4.69, 9.17) is 0 Å². The minimum Gasteiger partial charge on any atom is -0.324 e. The SMILES string of the molecule is C[C@H]1CCCN(C(=O)Nc2ccc(Cn3cccn3)cc2)C1. The number of amides is 2. The van der Waals surface area contributed by atoms with Crippen LogP contribution < -0.4 is 5.32 Å². The molecule has 0 bridgehead atoms. The van der Waals surface area contributed by atoms with Crippen LogP contribution in [0.3, 0.4) is 0 Å². The summed E-state index contributed by atoms with van der Waals surface area (Å²) in [7, 11) is 0. The van der Waals surface area contributed by atoms with E-state index in [0.29, 0.717) is 5.92 Å². The van der Waals surface area contributed by atoms with Gasteiger partial charge in [-0.1, -0.05) is 19.1 Å². The van der Waals surface area contributed by atoms with Gasteiger partial charge in [-0.25, -0.2) is 4.79 Å². The lowest BCUT2D eigenvalue weighted by atomic mass is 10.0. The molecule has 2 amide bonds. The Morgan fingerprint density at radius 1 is 1.36 bits per heavy atom. The van der Waals surface area contributed by atoms with E-state index in [9.17, 15) is 4.79 Å². The number of hydrogen-bond acceptors (Lipinski definition) is 2. The number of piperidine rings is 1. The minimum atomic E-state index is 0.00590. The van der Waals surface area contributed by atoms with Crippen molar-refractivity contribution in [1.29, 1.82) is 0 Å². The van der Waals surface area contributed by atoms with Crippen LogP contribution in [-0.4, -0.2) is 33.8 Å². The summed E-state index contributed by atoms with van der Waals surface area (Å²) < 4.78 is 1.88. The Morgan fingerprint density at radius 2 is 2.18 bits per heavy atom. The normalized spacial score (nSPS) is 18.2. The third-order valence-corrected chi connectivity index (χ3v) is 4.05. The first-order chi connectivity index (χ1) is 10.7. The average molecular weight is 298 g/mol. The third kappa shape index (κ3) is 3.67. The standard InChI is InChI=1S/C17H22N4O/c1-14-4-2-10-20(12-14)17(22)19-16-7-5-15(6-8-16)13-21-11-3-9-18-21/h3,5-9,11,14H,2,4,10,12-13H2,1H3,(H,19,22)/t14-/m0/s1. The molecule has 0 saturated carbocycles. The summed E-state index contributed by atoms with van der Waals surface area (Å²) in [6.45, 7) is 4.64. The van der Waals surface area contributed by atoms with Crippen LogP contribution in [0.2, 0.25) is 0 Å². The zero-order valence-corrected chi connectivity index (χ0v) is 12.9. The maximum absolute atomic E-state index is 12.3. The molecule has 2 aromatic rings. The summed E-state index contributed by atoms with van der Waals surface area (Å²) in [5.74, 6) is 0.593. The fourth-order valence-electron chi connectivity index (χ4n) is 2.85. The van der Waals surface area contributed by atoms with E-state index in [-0.39, 0.29) is 6.03 Å². The lowest BCUT2D eigenvalue weighted by Crippen LogP contribution is -2.41. The molecule has 5 heteroatoms. The molecule has 0 radical (unpaired) electrons. The Bertz CT molecular complexity index is 606. The second kappa shape index (κ2) is 6.64. The molecular weight excluding hydrogens is 276 g/mol. The van der Waals surface area contributed by atoms with Crippen molar-refractivity contribution in [3.63, 3.8) is 0 Å². The highest BCUT2D eigenvalue weighted by atomic mass is 16.2. The molecule has 2 heterocycles. The predicted octanol–water partition coefficient (Wildman–Crippen LogP) is 3.20. The average Bonchev–Trinajstić information content (AvgIpc) is 3.02. The molecule has 1 aliphatic heterocycles. The van der Waals surface area contributed by atoms with Crippen LogP contribution in [0.5, 0.6) is 0 Å². The van der Waals surface area contributed by atoms with E-state index < -0.39 is 0 Å². The van der Waals surface area contributed by atoms with Crippen LogP contribution in [0, 0.1) is 5.92 Å². The van der Waals surface area contributed by atoms with Crippen molar-refractivity contribution >= 4 is 11.7 Å². The Morgan fingerprint density at radius 3 is 2.86 bits per heavy atom. The number of benzene rings is 1. The number of rotatable bonds is 3. The van der Waals surface area contributed by atoms with Crippen LogP contribution >= 0.6 is 0 Å². The second-order valence-electron chi connectivity index (χ2n) is 6.02. The van der Waals surface area contributed by atoms with E-state index in [1.165, 1.54) is 6.42 Å². The van der Waals surface area contributed by atoms with Gasteiger partial charge in [0.25, 0.3) is 0 Å². The van der Waals surface area contributed by atoms with E-state index in [1.807, 2.05) is 46.1 Å². The third-order valence-electron chi connectivity index (χ3n) is 4.05. The fraction of sp³-hybridized carbons (Fsp3) is 0.412. The smallest absolute Gasteiger partial charge is 0.321 e. The first kappa shape index (κ1) is 14.6. The van der Waals surface area contributed by atoms with Crippen molar-refractivity contribution in [3.8, 4) is 0 Å². The molecule has 0 spiro atoms. The number of aromatic nitrogens is 2. The number of nitrogens with zero attached hydrogens (tertiary/aromatic N) is 3. The zero-order valence-electron chi connectivity index (χ0n) is 12.9. The van der Waals surface area contributed by atoms with Gasteiger partial charge in [0.05, 0.1) is 6.54 Å². The minimum absolute atomic E-state index is 0.00590. The van der Waals surface area contributed by atoms with E-state index >= 15 is 0 Å². The molecule has 5 nitrogen and oxygen atoms in total. The molecule has 1 N–H and O–H groups in total. The molecular formula is C17H22N4O. The summed E-state index contributed by atoms with van der Waals surface area (Å²) in [5, 5.41) is 7.17. The van der Waals surface area contributed by atoms with Crippen LogP contribution in [0.4, 0.5) is 10.5 Å². The summed E-state index contributed by atoms with van der Waals surface area (Å²) in [6.07, 6.45) is 6.02. The largest absolute Gasteiger partial charge is 0.324 e. The van der Waals surface area contributed by atoms with Gasteiger partial charge < -0.3 is 10.2 Å². The molecule has 1 atom stereocenters. The van der Waals surface area contributed by atoms with Crippen molar-refractivity contribution in [2.24, 2.45) is 5.92 Å². The number of anilines is 1. The van der Waals surface area contributed by atoms with Crippen molar-refractivity contribution in [1.82, 2.24) is 14.7 Å². The number of nitrogens with one attached hydrogen (secondary N) is 1. The van der Waals surface area contributed by atoms with Crippen molar-refractivity contribution < 1.29 is 4.79 Å². The van der Waals surface area contributed by atoms with Gasteiger partial charge in [0.15, 0.2) is 0 Å². The van der Waals surface area contributed by atoms with Gasteiger partial charge >= 0.3 is 6.03 Å². The second-order valence-corrected chi connectivity index (χ2v) is 6.02. The van der Waals surface area contributed by atoms with E-state index in [0.717, 1.165) is 37.3 Å². The molecule has 116 valence electrons. The summed E-state index contributed by atoms with van der Waals surface area (Å²) in [4.78, 5) is 14.2. The topological polar surface area (TPSA) is 50.2 Å². The Kier molecular flexibility index (Phi) is 4.42. The van der Waals surface area contributed by atoms with Gasteiger partial charge in [-0.15, -0.1) is 0 Å². The predicted molar refractivity (Wildman–Crippen MR) is 86.8 cm³/mol. The number of carbonyl (C=O) groups is 1. The zero-order chi connectivity index (χ0) is 15.4. The van der Waals surface area contributed by atoms with Gasteiger partial charge in [-0.2, -0.15) is 5.10 Å². The Balaban J connectivity index is 1.57. The molecule has 22 heavy (non-hydrogen) atoms. The highest BCUT2D eigenvalue weighted by Crippen LogP contribution is 2.17. The molecule has 1 fully saturated rings. The molecule has 3 rings (SSSR count). The van der Waals surface area contributed by atoms with Crippen molar-refractivity contribution in [3.05, 3.63) is 48.3 Å². The number of carbonyl (C=O) groups excluding carboxylic acids is 1. The highest BCUT2D eigenvalue weighted by molar-refractivity contribution is 5.89. The van der Waals surface area contributed by atoms with E-state index in [1.54, 1.807) is 6.20 Å². The lowest BCUT2D eigenvalue weighted by molar-refractivity contribution is 0.182. The number of hydrogen-bond donors (Lipinski definition) is 1. The summed E-state index contributed by atoms with van der Waals surface area (Å²) in [5.41, 5.74) is 2.00. The lowest BCUT2D eigenvalue weighted by Gasteiger charge is -2.30. The van der Waals surface area contributed by atoms with Crippen molar-refractivity contribution in [2.45, 2.75) is 26.3 Å². The van der Waals surface area contributed by atoms with Gasteiger partial charge in [-0.3, -0.25) is 4.68 Å². The molecule has 1 aromatic carbocycles. The van der Waals surface area contributed by atoms with Gasteiger partial charge in [0.1, 0.15) is 0 Å². The first-order valence-electron chi connectivity index (χ1n) is 7.83. The molecule has 1 aromatic heterocycles. The van der Waals surface area contributed by atoms with Crippen molar-refractivity contribution in [2.75, 3.05) is 18.4 Å². The van der Waals surface area contributed by atoms with Crippen LogP contribution in [0.1, 0.15) is 25.3 Å². The van der Waals surface area contributed by atoms with Crippen LogP contribution in [0.15, 0.2) is 42.7 Å². The Labute approximate surface area is 130 Å². The number of urea groups is 1. The number of likely N-dealkylation sites (tertiary alicyclic amines) is 1. The van der Waals surface area contributed by atoms with E-state index in [2.05, 4.69) is 17.3 Å². The monoisotopic (exact) mass is 298 g/mol. The highest BCUT2D eigenvalue weighted by Gasteiger charge is 2.20.